The molecular formula is C22H24. The molecule has 0 fully saturated rings. The van der Waals surface area contributed by atoms with Crippen LogP contribution in [0.25, 0.3) is 21.9 Å². The van der Waals surface area contributed by atoms with E-state index in [0.717, 1.165) is 0 Å². The maximum absolute atomic E-state index is 2.29. The summed E-state index contributed by atoms with van der Waals surface area (Å²) in [7, 11) is 0. The Morgan fingerprint density at radius 1 is 0.727 bits per heavy atom. The van der Waals surface area contributed by atoms with E-state index in [1.165, 1.54) is 58.7 Å². The molecule has 0 aliphatic rings. The zero-order valence-electron chi connectivity index (χ0n) is 13.6. The second kappa shape index (κ2) is 6.79. The maximum Gasteiger partial charge on any atom is -0.0103 e. The van der Waals surface area contributed by atoms with Gasteiger partial charge >= 0.3 is 0 Å². The molecule has 0 heterocycles. The van der Waals surface area contributed by atoms with E-state index in [-0.39, 0.29) is 0 Å². The van der Waals surface area contributed by atoms with E-state index in [9.17, 15) is 0 Å². The molecule has 3 rings (SSSR count). The smallest absolute Gasteiger partial charge is 0.0103 e. The zero-order valence-corrected chi connectivity index (χ0v) is 13.6. The van der Waals surface area contributed by atoms with Gasteiger partial charge in [-0.25, -0.2) is 0 Å². The number of unbranched alkanes of at least 4 members (excludes halogenated alkanes) is 2. The number of rotatable bonds is 5. The predicted molar refractivity (Wildman–Crippen MR) is 97.4 cm³/mol. The van der Waals surface area contributed by atoms with Crippen molar-refractivity contribution in [2.45, 2.75) is 39.5 Å². The molecule has 0 saturated heterocycles. The molecule has 22 heavy (non-hydrogen) atoms. The van der Waals surface area contributed by atoms with E-state index in [0.29, 0.717) is 0 Å². The number of benzene rings is 3. The predicted octanol–water partition coefficient (Wildman–Crippen LogP) is 6.55. The highest BCUT2D eigenvalue weighted by Gasteiger charge is 2.05. The largest absolute Gasteiger partial charge is 0.0654 e. The summed E-state index contributed by atoms with van der Waals surface area (Å²) < 4.78 is 0. The van der Waals surface area contributed by atoms with Crippen LogP contribution in [0.5, 0.6) is 0 Å². The highest BCUT2D eigenvalue weighted by molar-refractivity contribution is 5.98. The molecule has 0 spiro atoms. The second-order valence-electron chi connectivity index (χ2n) is 6.13. The van der Waals surface area contributed by atoms with Gasteiger partial charge in [0.2, 0.25) is 0 Å². The minimum absolute atomic E-state index is 1.20. The van der Waals surface area contributed by atoms with Crippen LogP contribution in [0.4, 0.5) is 0 Å². The number of hydrogen-bond donors (Lipinski definition) is 0. The first-order chi connectivity index (χ1) is 10.8. The topological polar surface area (TPSA) is 0 Å². The summed E-state index contributed by atoms with van der Waals surface area (Å²) in [5, 5.41) is 2.70. The molecule has 0 nitrogen and oxygen atoms in total. The van der Waals surface area contributed by atoms with Gasteiger partial charge in [0.15, 0.2) is 0 Å². The fourth-order valence-electron chi connectivity index (χ4n) is 3.13. The Labute approximate surface area is 133 Å². The summed E-state index contributed by atoms with van der Waals surface area (Å²) in [6.07, 6.45) is 5.10. The van der Waals surface area contributed by atoms with E-state index >= 15 is 0 Å². The van der Waals surface area contributed by atoms with Crippen LogP contribution < -0.4 is 0 Å². The standard InChI is InChI=1S/C22H24/c1-3-4-5-8-18-12-14-19(15-13-18)21-16-11-17(2)20-9-6-7-10-22(20)21/h6-7,9-16H,3-5,8H2,1-2H3. The number of hydrogen-bond acceptors (Lipinski definition) is 0. The monoisotopic (exact) mass is 288 g/mol. The molecule has 0 aliphatic heterocycles. The summed E-state index contributed by atoms with van der Waals surface area (Å²) in [5.74, 6) is 0. The van der Waals surface area contributed by atoms with Crippen molar-refractivity contribution < 1.29 is 0 Å². The van der Waals surface area contributed by atoms with Crippen molar-refractivity contribution in [3.8, 4) is 11.1 Å². The first-order valence-corrected chi connectivity index (χ1v) is 8.37. The van der Waals surface area contributed by atoms with Gasteiger partial charge in [-0.2, -0.15) is 0 Å². The first-order valence-electron chi connectivity index (χ1n) is 8.37. The molecule has 0 radical (unpaired) electrons. The quantitative estimate of drug-likeness (QED) is 0.467. The highest BCUT2D eigenvalue weighted by atomic mass is 14.1. The lowest BCUT2D eigenvalue weighted by Crippen LogP contribution is -1.87. The molecule has 3 aromatic carbocycles. The second-order valence-corrected chi connectivity index (χ2v) is 6.13. The van der Waals surface area contributed by atoms with Crippen molar-refractivity contribution in [2.75, 3.05) is 0 Å². The van der Waals surface area contributed by atoms with Gasteiger partial charge in [-0.15, -0.1) is 0 Å². The first kappa shape index (κ1) is 14.8. The Kier molecular flexibility index (Phi) is 4.58. The third-order valence-corrected chi connectivity index (χ3v) is 4.48. The molecular weight excluding hydrogens is 264 g/mol. The van der Waals surface area contributed by atoms with Gasteiger partial charge in [0.05, 0.1) is 0 Å². The van der Waals surface area contributed by atoms with E-state index in [4.69, 9.17) is 0 Å². The normalized spacial score (nSPS) is 11.0. The zero-order chi connectivity index (χ0) is 15.4. The Morgan fingerprint density at radius 2 is 1.45 bits per heavy atom. The molecule has 0 unspecified atom stereocenters. The van der Waals surface area contributed by atoms with Crippen molar-refractivity contribution >= 4 is 10.8 Å². The third kappa shape index (κ3) is 3.06. The summed E-state index contributed by atoms with van der Waals surface area (Å²) in [4.78, 5) is 0. The highest BCUT2D eigenvalue weighted by Crippen LogP contribution is 2.30. The Hall–Kier alpha value is -2.08. The lowest BCUT2D eigenvalue weighted by Gasteiger charge is -2.10. The average molecular weight is 288 g/mol. The van der Waals surface area contributed by atoms with Crippen LogP contribution in [-0.4, -0.2) is 0 Å². The van der Waals surface area contributed by atoms with Gasteiger partial charge in [-0.1, -0.05) is 80.4 Å². The minimum Gasteiger partial charge on any atom is -0.0654 e. The molecule has 0 atom stereocenters. The summed E-state index contributed by atoms with van der Waals surface area (Å²) in [5.41, 5.74) is 5.45. The summed E-state index contributed by atoms with van der Waals surface area (Å²) >= 11 is 0. The average Bonchev–Trinajstić information content (AvgIpc) is 2.57. The molecule has 0 N–H and O–H groups in total. The van der Waals surface area contributed by atoms with Crippen molar-refractivity contribution in [1.82, 2.24) is 0 Å². The summed E-state index contributed by atoms with van der Waals surface area (Å²) in [6, 6.07) is 22.3. The van der Waals surface area contributed by atoms with Crippen molar-refractivity contribution in [2.24, 2.45) is 0 Å². The van der Waals surface area contributed by atoms with Crippen LogP contribution in [0.2, 0.25) is 0 Å². The van der Waals surface area contributed by atoms with E-state index in [2.05, 4.69) is 74.5 Å². The Morgan fingerprint density at radius 3 is 2.18 bits per heavy atom. The Balaban J connectivity index is 1.93. The molecule has 0 bridgehead atoms. The van der Waals surface area contributed by atoms with Crippen molar-refractivity contribution in [3.05, 3.63) is 71.8 Å². The molecule has 112 valence electrons. The molecule has 0 aliphatic carbocycles. The van der Waals surface area contributed by atoms with Gasteiger partial charge in [0, 0.05) is 0 Å². The van der Waals surface area contributed by atoms with Gasteiger partial charge in [0.25, 0.3) is 0 Å². The lowest BCUT2D eigenvalue weighted by atomic mass is 9.94. The maximum atomic E-state index is 2.29. The van der Waals surface area contributed by atoms with Gasteiger partial charge in [0.1, 0.15) is 0 Å². The molecule has 0 heteroatoms. The van der Waals surface area contributed by atoms with Gasteiger partial charge in [-0.05, 0) is 52.8 Å². The van der Waals surface area contributed by atoms with Crippen LogP contribution in [-0.2, 0) is 6.42 Å². The van der Waals surface area contributed by atoms with Crippen LogP contribution in [0, 0.1) is 6.92 Å². The molecule has 0 aromatic heterocycles. The third-order valence-electron chi connectivity index (χ3n) is 4.48. The fraction of sp³-hybridized carbons (Fsp3) is 0.273. The number of fused-ring (bicyclic) bond motifs is 1. The van der Waals surface area contributed by atoms with Crippen LogP contribution in [0.15, 0.2) is 60.7 Å². The fourth-order valence-corrected chi connectivity index (χ4v) is 3.13. The van der Waals surface area contributed by atoms with Crippen molar-refractivity contribution in [3.63, 3.8) is 0 Å². The SMILES string of the molecule is CCCCCc1ccc(-c2ccc(C)c3ccccc23)cc1. The van der Waals surface area contributed by atoms with Crippen LogP contribution in [0.1, 0.15) is 37.3 Å². The van der Waals surface area contributed by atoms with Crippen LogP contribution in [0.3, 0.4) is 0 Å². The van der Waals surface area contributed by atoms with Gasteiger partial charge < -0.3 is 0 Å². The van der Waals surface area contributed by atoms with E-state index < -0.39 is 0 Å². The van der Waals surface area contributed by atoms with Gasteiger partial charge in [-0.3, -0.25) is 0 Å². The van der Waals surface area contributed by atoms with Crippen LogP contribution >= 0.6 is 0 Å². The molecule has 0 amide bonds. The lowest BCUT2D eigenvalue weighted by molar-refractivity contribution is 0.717. The minimum atomic E-state index is 1.20. The molecule has 3 aromatic rings. The summed E-state index contributed by atoms with van der Waals surface area (Å²) in [6.45, 7) is 4.44. The molecule has 0 saturated carbocycles. The Bertz CT molecular complexity index is 751. The number of aryl methyl sites for hydroxylation is 2. The van der Waals surface area contributed by atoms with Crippen molar-refractivity contribution in [1.29, 1.82) is 0 Å². The van der Waals surface area contributed by atoms with E-state index in [1.807, 2.05) is 0 Å². The van der Waals surface area contributed by atoms with E-state index in [1.54, 1.807) is 0 Å².